The average molecular weight is 294 g/mol. The summed E-state index contributed by atoms with van der Waals surface area (Å²) in [5, 5.41) is 9.04. The van der Waals surface area contributed by atoms with E-state index in [1.54, 1.807) is 6.07 Å². The predicted molar refractivity (Wildman–Crippen MR) is 79.7 cm³/mol. The Morgan fingerprint density at radius 2 is 2.10 bits per heavy atom. The van der Waals surface area contributed by atoms with Gasteiger partial charge in [-0.2, -0.15) is 0 Å². The van der Waals surface area contributed by atoms with Crippen molar-refractivity contribution in [2.24, 2.45) is 0 Å². The number of ether oxygens (including phenoxy) is 2. The smallest absolute Gasteiger partial charge is 0.337 e. The molecule has 0 atom stereocenters. The molecule has 0 spiro atoms. The number of carboxylic acid groups (broad SMARTS) is 1. The maximum Gasteiger partial charge on any atom is 0.337 e. The zero-order chi connectivity index (χ0) is 15.2. The number of methoxy groups -OCH3 is 1. The standard InChI is InChI=1S/C15H22N2O4/c1-20-14-9-12(15(18)19)13(16)8-11(14)10-21-7-6-17-4-2-3-5-17/h8-9H,2-7,10,16H2,1H3,(H,18,19). The molecule has 2 rings (SSSR count). The summed E-state index contributed by atoms with van der Waals surface area (Å²) in [4.78, 5) is 13.4. The molecule has 1 aliphatic heterocycles. The van der Waals surface area contributed by atoms with Crippen LogP contribution < -0.4 is 10.5 Å². The first-order valence-corrected chi connectivity index (χ1v) is 7.11. The lowest BCUT2D eigenvalue weighted by Gasteiger charge is -2.15. The third-order valence-corrected chi connectivity index (χ3v) is 3.69. The zero-order valence-electron chi connectivity index (χ0n) is 12.3. The van der Waals surface area contributed by atoms with Crippen LogP contribution in [0.15, 0.2) is 12.1 Å². The first-order valence-electron chi connectivity index (χ1n) is 7.11. The number of nitrogens with two attached hydrogens (primary N) is 1. The molecule has 1 saturated heterocycles. The lowest BCUT2D eigenvalue weighted by molar-refractivity contribution is 0.0697. The molecule has 0 aliphatic carbocycles. The summed E-state index contributed by atoms with van der Waals surface area (Å²) in [6.07, 6.45) is 2.53. The van der Waals surface area contributed by atoms with Crippen LogP contribution in [0.2, 0.25) is 0 Å². The van der Waals surface area contributed by atoms with E-state index in [2.05, 4.69) is 4.90 Å². The highest BCUT2D eigenvalue weighted by Crippen LogP contribution is 2.26. The normalized spacial score (nSPS) is 15.3. The number of nitrogen functional groups attached to an aromatic ring is 1. The Hall–Kier alpha value is -1.79. The van der Waals surface area contributed by atoms with Gasteiger partial charge >= 0.3 is 5.97 Å². The highest BCUT2D eigenvalue weighted by Gasteiger charge is 2.14. The highest BCUT2D eigenvalue weighted by atomic mass is 16.5. The first-order chi connectivity index (χ1) is 10.1. The molecule has 6 heteroatoms. The highest BCUT2D eigenvalue weighted by molar-refractivity contribution is 5.94. The van der Waals surface area contributed by atoms with E-state index in [0.717, 1.165) is 25.2 Å². The van der Waals surface area contributed by atoms with Gasteiger partial charge in [0.2, 0.25) is 0 Å². The predicted octanol–water partition coefficient (Wildman–Crippen LogP) is 1.59. The topological polar surface area (TPSA) is 85.0 Å². The quantitative estimate of drug-likeness (QED) is 0.587. The van der Waals surface area contributed by atoms with Crippen molar-refractivity contribution in [3.63, 3.8) is 0 Å². The molecular weight excluding hydrogens is 272 g/mol. The van der Waals surface area contributed by atoms with Crippen molar-refractivity contribution in [1.29, 1.82) is 0 Å². The second-order valence-corrected chi connectivity index (χ2v) is 5.16. The van der Waals surface area contributed by atoms with E-state index in [-0.39, 0.29) is 11.3 Å². The van der Waals surface area contributed by atoms with Gasteiger partial charge in [0.15, 0.2) is 0 Å². The fourth-order valence-corrected chi connectivity index (χ4v) is 2.51. The molecule has 0 saturated carbocycles. The van der Waals surface area contributed by atoms with Crippen LogP contribution in [0.5, 0.6) is 5.75 Å². The Kier molecular flexibility index (Phi) is 5.41. The summed E-state index contributed by atoms with van der Waals surface area (Å²) in [5.41, 5.74) is 6.79. The second-order valence-electron chi connectivity index (χ2n) is 5.16. The van der Waals surface area contributed by atoms with Crippen molar-refractivity contribution < 1.29 is 19.4 Å². The van der Waals surface area contributed by atoms with E-state index < -0.39 is 5.97 Å². The number of aromatic carboxylic acids is 1. The van der Waals surface area contributed by atoms with Crippen molar-refractivity contribution in [2.45, 2.75) is 19.4 Å². The minimum Gasteiger partial charge on any atom is -0.496 e. The van der Waals surface area contributed by atoms with Crippen molar-refractivity contribution in [1.82, 2.24) is 4.90 Å². The van der Waals surface area contributed by atoms with E-state index in [1.165, 1.54) is 26.0 Å². The average Bonchev–Trinajstić information content (AvgIpc) is 2.96. The van der Waals surface area contributed by atoms with Crippen LogP contribution in [-0.2, 0) is 11.3 Å². The molecule has 1 heterocycles. The summed E-state index contributed by atoms with van der Waals surface area (Å²) in [6.45, 7) is 4.22. The van der Waals surface area contributed by atoms with E-state index >= 15 is 0 Å². The van der Waals surface area contributed by atoms with E-state index in [1.807, 2.05) is 0 Å². The van der Waals surface area contributed by atoms with Crippen molar-refractivity contribution in [3.8, 4) is 5.75 Å². The SMILES string of the molecule is COc1cc(C(=O)O)c(N)cc1COCCN1CCCC1. The maximum absolute atomic E-state index is 11.0. The summed E-state index contributed by atoms with van der Waals surface area (Å²) < 4.78 is 10.9. The summed E-state index contributed by atoms with van der Waals surface area (Å²) in [5.74, 6) is -0.574. The van der Waals surface area contributed by atoms with Gasteiger partial charge in [0.05, 0.1) is 25.9 Å². The molecule has 1 aromatic rings. The minimum absolute atomic E-state index is 0.0488. The fraction of sp³-hybridized carbons (Fsp3) is 0.533. The molecule has 21 heavy (non-hydrogen) atoms. The van der Waals surface area contributed by atoms with Crippen LogP contribution in [-0.4, -0.2) is 49.3 Å². The van der Waals surface area contributed by atoms with Crippen LogP contribution in [0.3, 0.4) is 0 Å². The lowest BCUT2D eigenvalue weighted by atomic mass is 10.1. The molecule has 1 aromatic carbocycles. The van der Waals surface area contributed by atoms with Crippen LogP contribution in [0.1, 0.15) is 28.8 Å². The number of rotatable bonds is 7. The van der Waals surface area contributed by atoms with Crippen LogP contribution in [0.4, 0.5) is 5.69 Å². The van der Waals surface area contributed by atoms with Crippen LogP contribution in [0, 0.1) is 0 Å². The monoisotopic (exact) mass is 294 g/mol. The van der Waals surface area contributed by atoms with E-state index in [0.29, 0.717) is 19.0 Å². The first kappa shape index (κ1) is 15.6. The number of likely N-dealkylation sites (tertiary alicyclic amines) is 1. The fourth-order valence-electron chi connectivity index (χ4n) is 2.51. The van der Waals surface area contributed by atoms with Gasteiger partial charge in [-0.05, 0) is 38.1 Å². The largest absolute Gasteiger partial charge is 0.496 e. The molecule has 6 nitrogen and oxygen atoms in total. The lowest BCUT2D eigenvalue weighted by Crippen LogP contribution is -2.24. The van der Waals surface area contributed by atoms with Gasteiger partial charge in [0.25, 0.3) is 0 Å². The van der Waals surface area contributed by atoms with Gasteiger partial charge in [0, 0.05) is 17.8 Å². The second kappa shape index (κ2) is 7.28. The van der Waals surface area contributed by atoms with Gasteiger partial charge in [-0.3, -0.25) is 0 Å². The van der Waals surface area contributed by atoms with Gasteiger partial charge in [-0.1, -0.05) is 0 Å². The van der Waals surface area contributed by atoms with Gasteiger partial charge < -0.3 is 25.2 Å². The molecular formula is C15H22N2O4. The third kappa shape index (κ3) is 4.09. The molecule has 116 valence electrons. The molecule has 1 aliphatic rings. The molecule has 1 fully saturated rings. The number of hydrogen-bond acceptors (Lipinski definition) is 5. The number of carboxylic acids is 1. The van der Waals surface area contributed by atoms with Gasteiger partial charge in [-0.15, -0.1) is 0 Å². The molecule has 0 bridgehead atoms. The Labute approximate surface area is 124 Å². The van der Waals surface area contributed by atoms with Crippen molar-refractivity contribution in [3.05, 3.63) is 23.3 Å². The number of carbonyl (C=O) groups is 1. The minimum atomic E-state index is -1.06. The summed E-state index contributed by atoms with van der Waals surface area (Å²) in [6, 6.07) is 3.05. The Bertz CT molecular complexity index is 499. The summed E-state index contributed by atoms with van der Waals surface area (Å²) in [7, 11) is 1.50. The van der Waals surface area contributed by atoms with E-state index in [4.69, 9.17) is 20.3 Å². The van der Waals surface area contributed by atoms with E-state index in [9.17, 15) is 4.79 Å². The number of benzene rings is 1. The molecule has 3 N–H and O–H groups in total. The maximum atomic E-state index is 11.0. The molecule has 0 radical (unpaired) electrons. The zero-order valence-corrected chi connectivity index (χ0v) is 12.3. The number of hydrogen-bond donors (Lipinski definition) is 2. The van der Waals surface area contributed by atoms with Crippen molar-refractivity contribution >= 4 is 11.7 Å². The molecule has 0 unspecified atom stereocenters. The molecule has 0 amide bonds. The van der Waals surface area contributed by atoms with Crippen molar-refractivity contribution in [2.75, 3.05) is 39.1 Å². The Morgan fingerprint density at radius 1 is 1.38 bits per heavy atom. The molecule has 0 aromatic heterocycles. The Morgan fingerprint density at radius 3 is 2.71 bits per heavy atom. The van der Waals surface area contributed by atoms with Crippen LogP contribution in [0.25, 0.3) is 0 Å². The third-order valence-electron chi connectivity index (χ3n) is 3.69. The van der Waals surface area contributed by atoms with Gasteiger partial charge in [-0.25, -0.2) is 4.79 Å². The Balaban J connectivity index is 1.92. The number of anilines is 1. The van der Waals surface area contributed by atoms with Crippen LogP contribution >= 0.6 is 0 Å². The number of nitrogens with zero attached hydrogens (tertiary/aromatic N) is 1. The summed E-state index contributed by atoms with van der Waals surface area (Å²) >= 11 is 0. The van der Waals surface area contributed by atoms with Gasteiger partial charge in [0.1, 0.15) is 5.75 Å².